The largest absolute Gasteiger partial charge is 0.368 e. The molecule has 2 N–H and O–H groups in total. The molecule has 1 aromatic heterocycles. The summed E-state index contributed by atoms with van der Waals surface area (Å²) in [5.74, 6) is 3.19. The highest BCUT2D eigenvalue weighted by Gasteiger charge is 2.39. The van der Waals surface area contributed by atoms with Crippen molar-refractivity contribution in [2.24, 2.45) is 11.8 Å². The SMILES string of the molecule is Nc1nccc(N2CC3CCC3C2)n1. The Morgan fingerprint density at radius 3 is 2.57 bits per heavy atom. The van der Waals surface area contributed by atoms with Gasteiger partial charge in [0.15, 0.2) is 0 Å². The van der Waals surface area contributed by atoms with Gasteiger partial charge in [-0.15, -0.1) is 0 Å². The molecule has 2 fully saturated rings. The molecule has 1 aromatic rings. The van der Waals surface area contributed by atoms with Crippen LogP contribution >= 0.6 is 0 Å². The lowest BCUT2D eigenvalue weighted by atomic mass is 9.77. The smallest absolute Gasteiger partial charge is 0.221 e. The van der Waals surface area contributed by atoms with Crippen LogP contribution in [-0.4, -0.2) is 23.1 Å². The number of anilines is 2. The number of nitrogens with zero attached hydrogens (tertiary/aromatic N) is 3. The Morgan fingerprint density at radius 2 is 2.00 bits per heavy atom. The molecule has 2 atom stereocenters. The van der Waals surface area contributed by atoms with Gasteiger partial charge in [-0.3, -0.25) is 0 Å². The van der Waals surface area contributed by atoms with Crippen molar-refractivity contribution in [1.29, 1.82) is 0 Å². The van der Waals surface area contributed by atoms with Gasteiger partial charge < -0.3 is 10.6 Å². The fraction of sp³-hybridized carbons (Fsp3) is 0.600. The van der Waals surface area contributed by atoms with E-state index in [-0.39, 0.29) is 0 Å². The van der Waals surface area contributed by atoms with Crippen LogP contribution in [0.4, 0.5) is 11.8 Å². The predicted octanol–water partition coefficient (Wildman–Crippen LogP) is 0.905. The zero-order valence-electron chi connectivity index (χ0n) is 8.06. The van der Waals surface area contributed by atoms with E-state index >= 15 is 0 Å². The molecule has 0 amide bonds. The van der Waals surface area contributed by atoms with Crippen LogP contribution in [0.25, 0.3) is 0 Å². The van der Waals surface area contributed by atoms with Crippen molar-refractivity contribution >= 4 is 11.8 Å². The number of nitrogens with two attached hydrogens (primary N) is 1. The Hall–Kier alpha value is -1.32. The first kappa shape index (κ1) is 8.03. The number of hydrogen-bond donors (Lipinski definition) is 1. The summed E-state index contributed by atoms with van der Waals surface area (Å²) < 4.78 is 0. The van der Waals surface area contributed by atoms with E-state index in [1.54, 1.807) is 6.20 Å². The molecule has 3 rings (SSSR count). The minimum atomic E-state index is 0.377. The molecule has 0 radical (unpaired) electrons. The number of fused-ring (bicyclic) bond motifs is 1. The first-order valence-electron chi connectivity index (χ1n) is 5.16. The molecular formula is C10H14N4. The molecule has 1 saturated carbocycles. The van der Waals surface area contributed by atoms with E-state index in [4.69, 9.17) is 5.73 Å². The second kappa shape index (κ2) is 2.83. The van der Waals surface area contributed by atoms with E-state index < -0.39 is 0 Å². The minimum Gasteiger partial charge on any atom is -0.368 e. The lowest BCUT2D eigenvalue weighted by Crippen LogP contribution is -2.22. The second-order valence-corrected chi connectivity index (χ2v) is 4.28. The summed E-state index contributed by atoms with van der Waals surface area (Å²) in [6.45, 7) is 2.31. The molecule has 14 heavy (non-hydrogen) atoms. The van der Waals surface area contributed by atoms with E-state index in [0.29, 0.717) is 5.95 Å². The van der Waals surface area contributed by atoms with Crippen LogP contribution in [0.1, 0.15) is 12.8 Å². The normalized spacial score (nSPS) is 29.9. The van der Waals surface area contributed by atoms with Crippen molar-refractivity contribution < 1.29 is 0 Å². The average Bonchev–Trinajstić information content (AvgIpc) is 2.43. The van der Waals surface area contributed by atoms with Crippen LogP contribution in [-0.2, 0) is 0 Å². The predicted molar refractivity (Wildman–Crippen MR) is 54.9 cm³/mol. The Balaban J connectivity index is 1.82. The third-order valence-electron chi connectivity index (χ3n) is 3.47. The van der Waals surface area contributed by atoms with Crippen molar-refractivity contribution in [3.8, 4) is 0 Å². The molecule has 1 aliphatic heterocycles. The lowest BCUT2D eigenvalue weighted by Gasteiger charge is -2.27. The van der Waals surface area contributed by atoms with Gasteiger partial charge in [0.05, 0.1) is 0 Å². The standard InChI is InChI=1S/C10H14N4/c11-10-12-4-3-9(13-10)14-5-7-1-2-8(7)6-14/h3-4,7-8H,1-2,5-6H2,(H2,11,12,13). The van der Waals surface area contributed by atoms with Crippen LogP contribution in [0.5, 0.6) is 0 Å². The first-order chi connectivity index (χ1) is 6.83. The molecule has 1 saturated heterocycles. The molecule has 2 heterocycles. The van der Waals surface area contributed by atoms with E-state index in [1.165, 1.54) is 12.8 Å². The Kier molecular flexibility index (Phi) is 1.63. The highest BCUT2D eigenvalue weighted by Crippen LogP contribution is 2.41. The zero-order chi connectivity index (χ0) is 9.54. The van der Waals surface area contributed by atoms with Gasteiger partial charge in [0.25, 0.3) is 0 Å². The van der Waals surface area contributed by atoms with Gasteiger partial charge in [-0.05, 0) is 30.7 Å². The van der Waals surface area contributed by atoms with Gasteiger partial charge in [-0.1, -0.05) is 0 Å². The van der Waals surface area contributed by atoms with Crippen molar-refractivity contribution in [2.45, 2.75) is 12.8 Å². The molecule has 0 bridgehead atoms. The number of nitrogen functional groups attached to an aromatic ring is 1. The summed E-state index contributed by atoms with van der Waals surface area (Å²) in [4.78, 5) is 10.5. The molecule has 2 aliphatic rings. The van der Waals surface area contributed by atoms with Crippen LogP contribution < -0.4 is 10.6 Å². The van der Waals surface area contributed by atoms with Crippen LogP contribution in [0.2, 0.25) is 0 Å². The summed E-state index contributed by atoms with van der Waals surface area (Å²) in [7, 11) is 0. The zero-order valence-corrected chi connectivity index (χ0v) is 8.06. The highest BCUT2D eigenvalue weighted by atomic mass is 15.2. The maximum Gasteiger partial charge on any atom is 0.221 e. The Bertz CT molecular complexity index is 340. The minimum absolute atomic E-state index is 0.377. The van der Waals surface area contributed by atoms with E-state index in [9.17, 15) is 0 Å². The maximum absolute atomic E-state index is 5.56. The summed E-state index contributed by atoms with van der Waals surface area (Å²) in [6.07, 6.45) is 4.52. The molecule has 1 aliphatic carbocycles. The fourth-order valence-corrected chi connectivity index (χ4v) is 2.49. The van der Waals surface area contributed by atoms with Crippen molar-refractivity contribution in [3.05, 3.63) is 12.3 Å². The van der Waals surface area contributed by atoms with Crippen LogP contribution in [0, 0.1) is 11.8 Å². The number of aromatic nitrogens is 2. The van der Waals surface area contributed by atoms with Crippen molar-refractivity contribution in [1.82, 2.24) is 9.97 Å². The fourth-order valence-electron chi connectivity index (χ4n) is 2.49. The van der Waals surface area contributed by atoms with Gasteiger partial charge in [0, 0.05) is 19.3 Å². The van der Waals surface area contributed by atoms with Crippen molar-refractivity contribution in [2.75, 3.05) is 23.7 Å². The Labute approximate surface area is 83.1 Å². The van der Waals surface area contributed by atoms with Crippen LogP contribution in [0.3, 0.4) is 0 Å². The summed E-state index contributed by atoms with van der Waals surface area (Å²) in [6, 6.07) is 1.95. The highest BCUT2D eigenvalue weighted by molar-refractivity contribution is 5.42. The lowest BCUT2D eigenvalue weighted by molar-refractivity contribution is 0.243. The quantitative estimate of drug-likeness (QED) is 0.715. The number of rotatable bonds is 1. The molecule has 0 spiro atoms. The van der Waals surface area contributed by atoms with E-state index in [1.807, 2.05) is 6.07 Å². The maximum atomic E-state index is 5.56. The molecular weight excluding hydrogens is 176 g/mol. The summed E-state index contributed by atoms with van der Waals surface area (Å²) in [5.41, 5.74) is 5.56. The van der Waals surface area contributed by atoms with Crippen LogP contribution in [0.15, 0.2) is 12.3 Å². The topological polar surface area (TPSA) is 55.0 Å². The summed E-state index contributed by atoms with van der Waals surface area (Å²) in [5, 5.41) is 0. The third kappa shape index (κ3) is 1.14. The van der Waals surface area contributed by atoms with Gasteiger partial charge in [-0.25, -0.2) is 4.98 Å². The van der Waals surface area contributed by atoms with E-state index in [2.05, 4.69) is 14.9 Å². The van der Waals surface area contributed by atoms with Gasteiger partial charge in [0.1, 0.15) is 5.82 Å². The van der Waals surface area contributed by atoms with Crippen molar-refractivity contribution in [3.63, 3.8) is 0 Å². The van der Waals surface area contributed by atoms with Gasteiger partial charge in [-0.2, -0.15) is 4.98 Å². The van der Waals surface area contributed by atoms with E-state index in [0.717, 1.165) is 30.7 Å². The number of hydrogen-bond acceptors (Lipinski definition) is 4. The molecule has 4 heteroatoms. The summed E-state index contributed by atoms with van der Waals surface area (Å²) >= 11 is 0. The first-order valence-corrected chi connectivity index (χ1v) is 5.16. The molecule has 2 unspecified atom stereocenters. The monoisotopic (exact) mass is 190 g/mol. The molecule has 74 valence electrons. The van der Waals surface area contributed by atoms with Gasteiger partial charge in [0.2, 0.25) is 5.95 Å². The van der Waals surface area contributed by atoms with Gasteiger partial charge >= 0.3 is 0 Å². The second-order valence-electron chi connectivity index (χ2n) is 4.28. The average molecular weight is 190 g/mol. The Morgan fingerprint density at radius 1 is 1.29 bits per heavy atom. The molecule has 0 aromatic carbocycles. The molecule has 4 nitrogen and oxygen atoms in total. The third-order valence-corrected chi connectivity index (χ3v) is 3.47.